The summed E-state index contributed by atoms with van der Waals surface area (Å²) in [5.74, 6) is -0.122. The zero-order valence-electron chi connectivity index (χ0n) is 10.1. The smallest absolute Gasteiger partial charge is 0.268 e. The number of fused-ring (bicyclic) bond motifs is 1. The van der Waals surface area contributed by atoms with E-state index < -0.39 is 9.84 Å². The average Bonchev–Trinajstić information content (AvgIpc) is 2.92. The number of nitrogens with one attached hydrogen (secondary N) is 2. The Labute approximate surface area is 110 Å². The van der Waals surface area contributed by atoms with Crippen LogP contribution in [0.3, 0.4) is 0 Å². The van der Waals surface area contributed by atoms with Crippen LogP contribution < -0.4 is 5.32 Å². The first-order chi connectivity index (χ1) is 9.03. The molecule has 0 aromatic carbocycles. The first-order valence-electron chi connectivity index (χ1n) is 5.98. The van der Waals surface area contributed by atoms with Crippen LogP contribution in [0.5, 0.6) is 0 Å². The highest BCUT2D eigenvalue weighted by Crippen LogP contribution is 2.14. The highest BCUT2D eigenvalue weighted by atomic mass is 32.2. The zero-order chi connectivity index (χ0) is 13.5. The van der Waals surface area contributed by atoms with Crippen LogP contribution >= 0.6 is 0 Å². The Morgan fingerprint density at radius 2 is 2.32 bits per heavy atom. The molecule has 2 aromatic heterocycles. The van der Waals surface area contributed by atoms with Crippen LogP contribution in [0.25, 0.3) is 11.0 Å². The number of pyridine rings is 1. The topological polar surface area (TPSA) is 91.9 Å². The van der Waals surface area contributed by atoms with E-state index >= 15 is 0 Å². The van der Waals surface area contributed by atoms with Gasteiger partial charge in [-0.15, -0.1) is 0 Å². The molecule has 0 spiro atoms. The van der Waals surface area contributed by atoms with E-state index in [2.05, 4.69) is 15.3 Å². The van der Waals surface area contributed by atoms with E-state index in [-0.39, 0.29) is 23.5 Å². The molecule has 2 N–H and O–H groups in total. The Morgan fingerprint density at radius 3 is 3.00 bits per heavy atom. The highest BCUT2D eigenvalue weighted by molar-refractivity contribution is 7.91. The number of sulfone groups is 1. The molecule has 1 amide bonds. The van der Waals surface area contributed by atoms with Gasteiger partial charge in [-0.25, -0.2) is 8.42 Å². The van der Waals surface area contributed by atoms with E-state index in [4.69, 9.17) is 0 Å². The number of hydrogen-bond donors (Lipinski definition) is 2. The number of carbonyl (C=O) groups excluding carboxylic acids is 1. The second kappa shape index (κ2) is 4.34. The molecule has 0 radical (unpaired) electrons. The van der Waals surface area contributed by atoms with Crippen molar-refractivity contribution < 1.29 is 13.2 Å². The lowest BCUT2D eigenvalue weighted by Crippen LogP contribution is -2.35. The maximum absolute atomic E-state index is 12.0. The van der Waals surface area contributed by atoms with Gasteiger partial charge in [0, 0.05) is 12.2 Å². The molecule has 6 nitrogen and oxygen atoms in total. The van der Waals surface area contributed by atoms with Crippen LogP contribution in [0, 0.1) is 0 Å². The van der Waals surface area contributed by atoms with Gasteiger partial charge in [-0.3, -0.25) is 9.78 Å². The first-order valence-corrected chi connectivity index (χ1v) is 7.81. The summed E-state index contributed by atoms with van der Waals surface area (Å²) in [6.45, 7) is 0. The molecule has 1 saturated heterocycles. The lowest BCUT2D eigenvalue weighted by atomic mass is 10.2. The maximum atomic E-state index is 12.0. The van der Waals surface area contributed by atoms with Crippen LogP contribution in [-0.4, -0.2) is 41.8 Å². The van der Waals surface area contributed by atoms with Crippen LogP contribution in [-0.2, 0) is 9.84 Å². The van der Waals surface area contributed by atoms with Crippen molar-refractivity contribution >= 4 is 26.8 Å². The molecule has 0 aliphatic carbocycles. The van der Waals surface area contributed by atoms with Crippen molar-refractivity contribution in [1.82, 2.24) is 15.3 Å². The van der Waals surface area contributed by atoms with Crippen LogP contribution in [0.2, 0.25) is 0 Å². The lowest BCUT2D eigenvalue weighted by Gasteiger charge is -2.09. The fourth-order valence-electron chi connectivity index (χ4n) is 2.25. The molecule has 1 atom stereocenters. The molecular formula is C12H13N3O3S. The Kier molecular flexibility index (Phi) is 2.78. The minimum Gasteiger partial charge on any atom is -0.349 e. The fraction of sp³-hybridized carbons (Fsp3) is 0.333. The van der Waals surface area contributed by atoms with E-state index in [1.54, 1.807) is 18.3 Å². The molecule has 3 heterocycles. The second-order valence-electron chi connectivity index (χ2n) is 4.69. The predicted octanol–water partition coefficient (Wildman–Crippen LogP) is 0.480. The third-order valence-corrected chi connectivity index (χ3v) is 4.97. The standard InChI is InChI=1S/C12H13N3O3S/c16-12(14-8-3-5-19(17,18)7-8)11-6-10-9(15-11)2-1-4-13-10/h1-2,4,6,8,15H,3,5,7H2,(H,14,16). The molecule has 7 heteroatoms. The Balaban J connectivity index is 1.77. The van der Waals surface area contributed by atoms with Crippen LogP contribution in [0.4, 0.5) is 0 Å². The normalized spacial score (nSPS) is 21.6. The molecule has 1 aliphatic heterocycles. The Morgan fingerprint density at radius 1 is 1.47 bits per heavy atom. The van der Waals surface area contributed by atoms with E-state index in [9.17, 15) is 13.2 Å². The molecule has 19 heavy (non-hydrogen) atoms. The number of aromatic nitrogens is 2. The van der Waals surface area contributed by atoms with Crippen molar-refractivity contribution in [3.8, 4) is 0 Å². The number of rotatable bonds is 2. The quantitative estimate of drug-likeness (QED) is 0.836. The van der Waals surface area contributed by atoms with Crippen LogP contribution in [0.15, 0.2) is 24.4 Å². The van der Waals surface area contributed by atoms with Gasteiger partial charge in [0.05, 0.1) is 22.5 Å². The Hall–Kier alpha value is -1.89. The second-order valence-corrected chi connectivity index (χ2v) is 6.92. The van der Waals surface area contributed by atoms with Gasteiger partial charge in [-0.1, -0.05) is 0 Å². The summed E-state index contributed by atoms with van der Waals surface area (Å²) in [4.78, 5) is 19.1. The molecule has 2 aromatic rings. The van der Waals surface area contributed by atoms with E-state index in [1.807, 2.05) is 6.07 Å². The predicted molar refractivity (Wildman–Crippen MR) is 70.6 cm³/mol. The molecule has 1 fully saturated rings. The van der Waals surface area contributed by atoms with Crippen molar-refractivity contribution in [1.29, 1.82) is 0 Å². The third-order valence-electron chi connectivity index (χ3n) is 3.20. The van der Waals surface area contributed by atoms with Crippen molar-refractivity contribution in [2.75, 3.05) is 11.5 Å². The van der Waals surface area contributed by atoms with Gasteiger partial charge >= 0.3 is 0 Å². The zero-order valence-corrected chi connectivity index (χ0v) is 10.9. The van der Waals surface area contributed by atoms with Crippen molar-refractivity contribution in [2.24, 2.45) is 0 Å². The minimum atomic E-state index is -2.99. The lowest BCUT2D eigenvalue weighted by molar-refractivity contribution is 0.0937. The van der Waals surface area contributed by atoms with E-state index in [0.717, 1.165) is 5.52 Å². The Bertz CT molecular complexity index is 703. The van der Waals surface area contributed by atoms with Gasteiger partial charge in [-0.05, 0) is 24.6 Å². The largest absolute Gasteiger partial charge is 0.349 e. The fourth-order valence-corrected chi connectivity index (χ4v) is 3.92. The van der Waals surface area contributed by atoms with Crippen molar-refractivity contribution in [3.05, 3.63) is 30.1 Å². The molecule has 0 bridgehead atoms. The monoisotopic (exact) mass is 279 g/mol. The van der Waals surface area contributed by atoms with Gasteiger partial charge in [0.1, 0.15) is 5.69 Å². The van der Waals surface area contributed by atoms with E-state index in [1.165, 1.54) is 0 Å². The summed E-state index contributed by atoms with van der Waals surface area (Å²) < 4.78 is 22.7. The number of carbonyl (C=O) groups is 1. The maximum Gasteiger partial charge on any atom is 0.268 e. The molecular weight excluding hydrogens is 266 g/mol. The van der Waals surface area contributed by atoms with Gasteiger partial charge in [0.25, 0.3) is 5.91 Å². The van der Waals surface area contributed by atoms with Crippen molar-refractivity contribution in [3.63, 3.8) is 0 Å². The van der Waals surface area contributed by atoms with Gasteiger partial charge in [0.15, 0.2) is 9.84 Å². The highest BCUT2D eigenvalue weighted by Gasteiger charge is 2.29. The number of H-pyrrole nitrogens is 1. The summed E-state index contributed by atoms with van der Waals surface area (Å²) in [6, 6.07) is 4.98. The van der Waals surface area contributed by atoms with Gasteiger partial charge < -0.3 is 10.3 Å². The third kappa shape index (κ3) is 2.46. The minimum absolute atomic E-state index is 0.0250. The number of nitrogens with zero attached hydrogens (tertiary/aromatic N) is 1. The van der Waals surface area contributed by atoms with E-state index in [0.29, 0.717) is 17.6 Å². The number of aromatic amines is 1. The first kappa shape index (κ1) is 12.2. The molecule has 1 unspecified atom stereocenters. The molecule has 1 aliphatic rings. The summed E-state index contributed by atoms with van der Waals surface area (Å²) in [7, 11) is -2.99. The van der Waals surface area contributed by atoms with Gasteiger partial charge in [0.2, 0.25) is 0 Å². The summed E-state index contributed by atoms with van der Waals surface area (Å²) in [5, 5.41) is 2.73. The number of amides is 1. The summed E-state index contributed by atoms with van der Waals surface area (Å²) in [6.07, 6.45) is 2.13. The van der Waals surface area contributed by atoms with Crippen LogP contribution in [0.1, 0.15) is 16.9 Å². The number of hydrogen-bond acceptors (Lipinski definition) is 4. The van der Waals surface area contributed by atoms with Gasteiger partial charge in [-0.2, -0.15) is 0 Å². The average molecular weight is 279 g/mol. The summed E-state index contributed by atoms with van der Waals surface area (Å²) >= 11 is 0. The molecule has 3 rings (SSSR count). The van der Waals surface area contributed by atoms with Crippen molar-refractivity contribution in [2.45, 2.75) is 12.5 Å². The summed E-state index contributed by atoms with van der Waals surface area (Å²) in [5.41, 5.74) is 1.90. The molecule has 0 saturated carbocycles. The SMILES string of the molecule is O=C(NC1CCS(=O)(=O)C1)c1cc2ncccc2[nH]1. The molecule has 100 valence electrons.